The minimum absolute atomic E-state index is 0.122. The van der Waals surface area contributed by atoms with E-state index in [1.54, 1.807) is 0 Å². The lowest BCUT2D eigenvalue weighted by Gasteiger charge is -2.18. The van der Waals surface area contributed by atoms with E-state index in [0.717, 1.165) is 0 Å². The third kappa shape index (κ3) is 5.83. The zero-order chi connectivity index (χ0) is 19.9. The zero-order valence-corrected chi connectivity index (χ0v) is 15.1. The number of esters is 2. The van der Waals surface area contributed by atoms with Crippen LogP contribution in [0.1, 0.15) is 36.2 Å². The lowest BCUT2D eigenvalue weighted by Crippen LogP contribution is -2.44. The first-order valence-corrected chi connectivity index (χ1v) is 7.95. The van der Waals surface area contributed by atoms with Gasteiger partial charge in [-0.2, -0.15) is 0 Å². The van der Waals surface area contributed by atoms with Crippen molar-refractivity contribution in [2.75, 3.05) is 13.7 Å². The van der Waals surface area contributed by atoms with Gasteiger partial charge in [0.2, 0.25) is 0 Å². The highest BCUT2D eigenvalue weighted by molar-refractivity contribution is 5.96. The van der Waals surface area contributed by atoms with Crippen LogP contribution in [0.4, 0.5) is 5.69 Å². The molecule has 1 aromatic carbocycles. The number of nitro groups is 1. The normalized spacial score (nSPS) is 11.6. The van der Waals surface area contributed by atoms with Crippen LogP contribution in [0, 0.1) is 23.0 Å². The number of nitro benzene ring substituents is 1. The molecule has 9 nitrogen and oxygen atoms in total. The summed E-state index contributed by atoms with van der Waals surface area (Å²) in [5.41, 5.74) is -0.309. The van der Waals surface area contributed by atoms with Crippen LogP contribution in [0.5, 0.6) is 0 Å². The number of methoxy groups -OCH3 is 1. The van der Waals surface area contributed by atoms with Crippen LogP contribution < -0.4 is 5.32 Å². The van der Waals surface area contributed by atoms with Gasteiger partial charge in [0.05, 0.1) is 12.0 Å². The molecular formula is C17H22N2O7. The molecule has 0 aliphatic heterocycles. The maximum absolute atomic E-state index is 12.1. The maximum Gasteiger partial charge on any atom is 0.345 e. The number of benzene rings is 1. The number of aryl methyl sites for hydroxylation is 1. The fourth-order valence-corrected chi connectivity index (χ4v) is 2.34. The van der Waals surface area contributed by atoms with Crippen molar-refractivity contribution >= 4 is 23.5 Å². The molecule has 1 amide bonds. The van der Waals surface area contributed by atoms with Gasteiger partial charge in [-0.3, -0.25) is 14.9 Å². The summed E-state index contributed by atoms with van der Waals surface area (Å²) in [6, 6.07) is 3.37. The van der Waals surface area contributed by atoms with Crippen molar-refractivity contribution in [2.45, 2.75) is 33.2 Å². The number of ether oxygens (including phenoxy) is 2. The van der Waals surface area contributed by atoms with Crippen LogP contribution in [0.3, 0.4) is 0 Å². The molecule has 0 aromatic heterocycles. The van der Waals surface area contributed by atoms with Gasteiger partial charge in [-0.05, 0) is 25.3 Å². The monoisotopic (exact) mass is 366 g/mol. The van der Waals surface area contributed by atoms with Crippen LogP contribution in [0.15, 0.2) is 18.2 Å². The van der Waals surface area contributed by atoms with E-state index in [1.165, 1.54) is 32.2 Å². The number of rotatable bonds is 8. The topological polar surface area (TPSA) is 125 Å². The van der Waals surface area contributed by atoms with Crippen LogP contribution in [-0.2, 0) is 19.1 Å². The van der Waals surface area contributed by atoms with Gasteiger partial charge in [-0.1, -0.05) is 26.0 Å². The van der Waals surface area contributed by atoms with Gasteiger partial charge < -0.3 is 14.8 Å². The van der Waals surface area contributed by atoms with Crippen LogP contribution in [0.25, 0.3) is 0 Å². The summed E-state index contributed by atoms with van der Waals surface area (Å²) in [6.45, 7) is 4.57. The molecule has 0 saturated heterocycles. The number of hydrogen-bond donors (Lipinski definition) is 1. The first kappa shape index (κ1) is 21.1. The Morgan fingerprint density at radius 1 is 1.27 bits per heavy atom. The molecule has 0 spiro atoms. The number of hydrogen-bond acceptors (Lipinski definition) is 7. The van der Waals surface area contributed by atoms with Gasteiger partial charge in [0.25, 0.3) is 11.6 Å². The van der Waals surface area contributed by atoms with Crippen molar-refractivity contribution in [3.8, 4) is 0 Å². The van der Waals surface area contributed by atoms with Crippen molar-refractivity contribution in [3.05, 3.63) is 39.4 Å². The Morgan fingerprint density at radius 2 is 1.92 bits per heavy atom. The van der Waals surface area contributed by atoms with Crippen LogP contribution in [-0.4, -0.2) is 42.5 Å². The molecule has 1 aromatic rings. The number of carbonyl (C=O) groups is 3. The third-order valence-electron chi connectivity index (χ3n) is 3.50. The first-order chi connectivity index (χ1) is 12.2. The molecule has 1 N–H and O–H groups in total. The second-order valence-electron chi connectivity index (χ2n) is 6.08. The Kier molecular flexibility index (Phi) is 7.70. The Bertz CT molecular complexity index is 700. The summed E-state index contributed by atoms with van der Waals surface area (Å²) >= 11 is 0. The van der Waals surface area contributed by atoms with Crippen molar-refractivity contribution in [1.29, 1.82) is 0 Å². The first-order valence-electron chi connectivity index (χ1n) is 7.95. The molecule has 0 heterocycles. The highest BCUT2D eigenvalue weighted by Gasteiger charge is 2.26. The molecule has 0 aliphatic carbocycles. The second-order valence-corrected chi connectivity index (χ2v) is 6.08. The van der Waals surface area contributed by atoms with Gasteiger partial charge in [0.1, 0.15) is 11.6 Å². The lowest BCUT2D eigenvalue weighted by atomic mass is 10.0. The molecule has 1 rings (SSSR count). The minimum Gasteiger partial charge on any atom is -0.467 e. The second kappa shape index (κ2) is 9.50. The molecule has 142 valence electrons. The van der Waals surface area contributed by atoms with Crippen molar-refractivity contribution < 1.29 is 28.8 Å². The van der Waals surface area contributed by atoms with E-state index in [9.17, 15) is 24.5 Å². The summed E-state index contributed by atoms with van der Waals surface area (Å²) in [4.78, 5) is 46.1. The summed E-state index contributed by atoms with van der Waals surface area (Å²) < 4.78 is 9.48. The number of nitrogens with one attached hydrogen (secondary N) is 1. The molecule has 9 heteroatoms. The lowest BCUT2D eigenvalue weighted by molar-refractivity contribution is -0.385. The van der Waals surface area contributed by atoms with Crippen LogP contribution in [0.2, 0.25) is 0 Å². The standard InChI is InChI=1S/C17H22N2O7/c1-10(2)8-13(17(22)25-4)18-14(20)9-26-16(21)12-7-5-6-11(3)15(12)19(23)24/h5-7,10,13H,8-9H2,1-4H3,(H,18,20)/t13-/m0/s1. The van der Waals surface area contributed by atoms with Gasteiger partial charge in [-0.15, -0.1) is 0 Å². The number of nitrogens with zero attached hydrogens (tertiary/aromatic N) is 1. The van der Waals surface area contributed by atoms with E-state index in [0.29, 0.717) is 12.0 Å². The predicted molar refractivity (Wildman–Crippen MR) is 91.5 cm³/mol. The van der Waals surface area contributed by atoms with Crippen LogP contribution >= 0.6 is 0 Å². The molecule has 0 radical (unpaired) electrons. The average molecular weight is 366 g/mol. The molecule has 0 bridgehead atoms. The average Bonchev–Trinajstić information content (AvgIpc) is 2.57. The molecule has 0 unspecified atom stereocenters. The quantitative estimate of drug-likeness (QED) is 0.422. The Hall–Kier alpha value is -2.97. The van der Waals surface area contributed by atoms with Gasteiger partial charge in [-0.25, -0.2) is 9.59 Å². The largest absolute Gasteiger partial charge is 0.467 e. The third-order valence-corrected chi connectivity index (χ3v) is 3.50. The summed E-state index contributed by atoms with van der Waals surface area (Å²) in [7, 11) is 1.21. The molecule has 26 heavy (non-hydrogen) atoms. The SMILES string of the molecule is COC(=O)[C@H](CC(C)C)NC(=O)COC(=O)c1cccc(C)c1[N+](=O)[O-]. The highest BCUT2D eigenvalue weighted by atomic mass is 16.6. The molecule has 0 fully saturated rings. The van der Waals surface area contributed by atoms with E-state index < -0.39 is 35.4 Å². The summed E-state index contributed by atoms with van der Waals surface area (Å²) in [5.74, 6) is -2.18. The maximum atomic E-state index is 12.1. The number of para-hydroxylation sites is 1. The van der Waals surface area contributed by atoms with Gasteiger partial charge in [0, 0.05) is 5.56 Å². The fourth-order valence-electron chi connectivity index (χ4n) is 2.34. The molecule has 1 atom stereocenters. The van der Waals surface area contributed by atoms with E-state index in [4.69, 9.17) is 4.74 Å². The molecular weight excluding hydrogens is 344 g/mol. The van der Waals surface area contributed by atoms with E-state index in [2.05, 4.69) is 10.1 Å². The minimum atomic E-state index is -0.992. The fraction of sp³-hybridized carbons (Fsp3) is 0.471. The summed E-state index contributed by atoms with van der Waals surface area (Å²) in [6.07, 6.45) is 0.357. The van der Waals surface area contributed by atoms with E-state index >= 15 is 0 Å². The van der Waals surface area contributed by atoms with Crippen molar-refractivity contribution in [1.82, 2.24) is 5.32 Å². The van der Waals surface area contributed by atoms with Crippen molar-refractivity contribution in [2.24, 2.45) is 5.92 Å². The molecule has 0 aliphatic rings. The van der Waals surface area contributed by atoms with Crippen molar-refractivity contribution in [3.63, 3.8) is 0 Å². The Labute approximate surface area is 150 Å². The number of amides is 1. The highest BCUT2D eigenvalue weighted by Crippen LogP contribution is 2.23. The van der Waals surface area contributed by atoms with Gasteiger partial charge >= 0.3 is 11.9 Å². The molecule has 0 saturated carbocycles. The smallest absolute Gasteiger partial charge is 0.345 e. The van der Waals surface area contributed by atoms with E-state index in [-0.39, 0.29) is 17.2 Å². The Morgan fingerprint density at radius 3 is 2.46 bits per heavy atom. The predicted octanol–water partition coefficient (Wildman–Crippen LogP) is 1.76. The van der Waals surface area contributed by atoms with E-state index in [1.807, 2.05) is 13.8 Å². The zero-order valence-electron chi connectivity index (χ0n) is 15.1. The number of carbonyl (C=O) groups excluding carboxylic acids is 3. The Balaban J connectivity index is 2.75. The summed E-state index contributed by atoms with van der Waals surface area (Å²) in [5, 5.41) is 13.5. The van der Waals surface area contributed by atoms with Gasteiger partial charge in [0.15, 0.2) is 6.61 Å².